The lowest BCUT2D eigenvalue weighted by atomic mass is 10.0. The van der Waals surface area contributed by atoms with E-state index in [-0.39, 0.29) is 4.90 Å². The SMILES string of the molecule is COc1ccc(S(=O)(=O)N2CCc3ccccc3C2)c(OC)c1C. The van der Waals surface area contributed by atoms with Crippen LogP contribution in [0.3, 0.4) is 0 Å². The number of hydrogen-bond acceptors (Lipinski definition) is 4. The van der Waals surface area contributed by atoms with Gasteiger partial charge in [-0.3, -0.25) is 0 Å². The molecule has 0 aromatic heterocycles. The van der Waals surface area contributed by atoms with E-state index < -0.39 is 10.0 Å². The first kappa shape index (κ1) is 16.8. The molecule has 5 nitrogen and oxygen atoms in total. The molecule has 0 amide bonds. The fraction of sp³-hybridized carbons (Fsp3) is 0.333. The van der Waals surface area contributed by atoms with Crippen molar-refractivity contribution in [2.24, 2.45) is 0 Å². The molecular weight excluding hydrogens is 326 g/mol. The molecule has 1 aliphatic rings. The Morgan fingerprint density at radius 2 is 1.71 bits per heavy atom. The molecule has 6 heteroatoms. The lowest BCUT2D eigenvalue weighted by molar-refractivity contribution is 0.369. The molecule has 0 atom stereocenters. The molecule has 1 heterocycles. The zero-order chi connectivity index (χ0) is 17.3. The van der Waals surface area contributed by atoms with Gasteiger partial charge in [0.1, 0.15) is 16.4 Å². The number of fused-ring (bicyclic) bond motifs is 1. The molecule has 0 unspecified atom stereocenters. The molecule has 0 saturated heterocycles. The average Bonchev–Trinajstić information content (AvgIpc) is 2.60. The van der Waals surface area contributed by atoms with Gasteiger partial charge in [0.25, 0.3) is 0 Å². The summed E-state index contributed by atoms with van der Waals surface area (Å²) in [5, 5.41) is 0. The lowest BCUT2D eigenvalue weighted by Crippen LogP contribution is -2.36. The quantitative estimate of drug-likeness (QED) is 0.853. The van der Waals surface area contributed by atoms with Gasteiger partial charge in [-0.1, -0.05) is 24.3 Å². The first-order chi connectivity index (χ1) is 11.5. The maximum Gasteiger partial charge on any atom is 0.247 e. The van der Waals surface area contributed by atoms with E-state index in [0.29, 0.717) is 36.6 Å². The first-order valence-corrected chi connectivity index (χ1v) is 9.21. The molecule has 2 aromatic carbocycles. The maximum atomic E-state index is 13.1. The average molecular weight is 347 g/mol. The minimum atomic E-state index is -3.64. The van der Waals surface area contributed by atoms with Crippen molar-refractivity contribution in [1.82, 2.24) is 4.31 Å². The van der Waals surface area contributed by atoms with Crippen LogP contribution in [0, 0.1) is 6.92 Å². The molecule has 0 aliphatic carbocycles. The Hall–Kier alpha value is -2.05. The van der Waals surface area contributed by atoms with Gasteiger partial charge in [0.15, 0.2) is 0 Å². The van der Waals surface area contributed by atoms with Crippen LogP contribution in [0.25, 0.3) is 0 Å². The van der Waals surface area contributed by atoms with Gasteiger partial charge in [-0.25, -0.2) is 8.42 Å². The van der Waals surface area contributed by atoms with Crippen LogP contribution in [0.2, 0.25) is 0 Å². The van der Waals surface area contributed by atoms with Crippen LogP contribution in [-0.2, 0) is 23.0 Å². The predicted octanol–water partition coefficient (Wildman–Crippen LogP) is 2.76. The van der Waals surface area contributed by atoms with Crippen LogP contribution >= 0.6 is 0 Å². The summed E-state index contributed by atoms with van der Waals surface area (Å²) in [6, 6.07) is 11.2. The summed E-state index contributed by atoms with van der Waals surface area (Å²) >= 11 is 0. The Balaban J connectivity index is 2.02. The molecule has 1 aliphatic heterocycles. The molecular formula is C18H21NO4S. The van der Waals surface area contributed by atoms with E-state index in [1.807, 2.05) is 18.2 Å². The van der Waals surface area contributed by atoms with Crippen molar-refractivity contribution in [3.05, 3.63) is 53.1 Å². The van der Waals surface area contributed by atoms with E-state index in [9.17, 15) is 8.42 Å². The Morgan fingerprint density at radius 1 is 1.00 bits per heavy atom. The van der Waals surface area contributed by atoms with Gasteiger partial charge in [-0.05, 0) is 36.6 Å². The zero-order valence-corrected chi connectivity index (χ0v) is 14.9. The Morgan fingerprint density at radius 3 is 2.38 bits per heavy atom. The van der Waals surface area contributed by atoms with Gasteiger partial charge >= 0.3 is 0 Å². The van der Waals surface area contributed by atoms with Crippen molar-refractivity contribution in [1.29, 1.82) is 0 Å². The van der Waals surface area contributed by atoms with Gasteiger partial charge in [0.05, 0.1) is 14.2 Å². The minimum absolute atomic E-state index is 0.183. The Labute approximate surface area is 142 Å². The maximum absolute atomic E-state index is 13.1. The molecule has 0 saturated carbocycles. The summed E-state index contributed by atoms with van der Waals surface area (Å²) in [5.74, 6) is 0.947. The lowest BCUT2D eigenvalue weighted by Gasteiger charge is -2.29. The normalized spacial score (nSPS) is 15.0. The van der Waals surface area contributed by atoms with E-state index in [0.717, 1.165) is 5.56 Å². The summed E-state index contributed by atoms with van der Waals surface area (Å²) in [6.07, 6.45) is 0.715. The smallest absolute Gasteiger partial charge is 0.247 e. The molecule has 0 radical (unpaired) electrons. The molecule has 0 N–H and O–H groups in total. The van der Waals surface area contributed by atoms with Crippen molar-refractivity contribution in [2.75, 3.05) is 20.8 Å². The molecule has 2 aromatic rings. The predicted molar refractivity (Wildman–Crippen MR) is 92.0 cm³/mol. The minimum Gasteiger partial charge on any atom is -0.496 e. The summed E-state index contributed by atoms with van der Waals surface area (Å²) in [7, 11) is -0.611. The monoisotopic (exact) mass is 347 g/mol. The van der Waals surface area contributed by atoms with Gasteiger partial charge < -0.3 is 9.47 Å². The number of ether oxygens (including phenoxy) is 2. The molecule has 0 fully saturated rings. The zero-order valence-electron chi connectivity index (χ0n) is 14.1. The summed E-state index contributed by atoms with van der Waals surface area (Å²) in [4.78, 5) is 0.183. The van der Waals surface area contributed by atoms with E-state index in [4.69, 9.17) is 9.47 Å². The number of sulfonamides is 1. The third kappa shape index (κ3) is 2.76. The first-order valence-electron chi connectivity index (χ1n) is 7.77. The fourth-order valence-corrected chi connectivity index (χ4v) is 4.77. The van der Waals surface area contributed by atoms with Crippen molar-refractivity contribution >= 4 is 10.0 Å². The van der Waals surface area contributed by atoms with Crippen LogP contribution in [0.15, 0.2) is 41.3 Å². The molecule has 24 heavy (non-hydrogen) atoms. The number of nitrogens with zero attached hydrogens (tertiary/aromatic N) is 1. The fourth-order valence-electron chi connectivity index (χ4n) is 3.14. The largest absolute Gasteiger partial charge is 0.496 e. The van der Waals surface area contributed by atoms with Crippen LogP contribution in [0.1, 0.15) is 16.7 Å². The van der Waals surface area contributed by atoms with Gasteiger partial charge in [0, 0.05) is 18.7 Å². The van der Waals surface area contributed by atoms with Crippen LogP contribution in [0.4, 0.5) is 0 Å². The number of methoxy groups -OCH3 is 2. The van der Waals surface area contributed by atoms with Crippen molar-refractivity contribution in [2.45, 2.75) is 24.8 Å². The van der Waals surface area contributed by atoms with Gasteiger partial charge in [-0.15, -0.1) is 0 Å². The second-order valence-corrected chi connectivity index (χ2v) is 7.69. The van der Waals surface area contributed by atoms with Crippen LogP contribution < -0.4 is 9.47 Å². The highest BCUT2D eigenvalue weighted by Crippen LogP contribution is 2.36. The van der Waals surface area contributed by atoms with Crippen molar-refractivity contribution in [3.8, 4) is 11.5 Å². The second-order valence-electron chi connectivity index (χ2n) is 5.78. The standard InChI is InChI=1S/C18H21NO4S/c1-13-16(22-2)8-9-17(18(13)23-3)24(20,21)19-11-10-14-6-4-5-7-15(14)12-19/h4-9H,10-12H2,1-3H3. The molecule has 3 rings (SSSR count). The third-order valence-corrected chi connectivity index (χ3v) is 6.33. The number of rotatable bonds is 4. The molecule has 128 valence electrons. The number of benzene rings is 2. The van der Waals surface area contributed by atoms with E-state index in [1.165, 1.54) is 17.0 Å². The highest BCUT2D eigenvalue weighted by Gasteiger charge is 2.31. The number of hydrogen-bond donors (Lipinski definition) is 0. The van der Waals surface area contributed by atoms with Crippen LogP contribution in [0.5, 0.6) is 11.5 Å². The Kier molecular flexibility index (Phi) is 4.51. The third-order valence-electron chi connectivity index (χ3n) is 4.46. The topological polar surface area (TPSA) is 55.8 Å². The summed E-state index contributed by atoms with van der Waals surface area (Å²) in [5.41, 5.74) is 2.94. The van der Waals surface area contributed by atoms with E-state index in [2.05, 4.69) is 6.07 Å². The van der Waals surface area contributed by atoms with E-state index >= 15 is 0 Å². The highest BCUT2D eigenvalue weighted by atomic mass is 32.2. The second kappa shape index (κ2) is 6.45. The molecule has 0 spiro atoms. The Bertz CT molecular complexity index is 861. The van der Waals surface area contributed by atoms with Crippen LogP contribution in [-0.4, -0.2) is 33.5 Å². The summed E-state index contributed by atoms with van der Waals surface area (Å²) < 4.78 is 38.4. The van der Waals surface area contributed by atoms with Gasteiger partial charge in [-0.2, -0.15) is 4.31 Å². The van der Waals surface area contributed by atoms with E-state index in [1.54, 1.807) is 26.2 Å². The van der Waals surface area contributed by atoms with Gasteiger partial charge in [0.2, 0.25) is 10.0 Å². The summed E-state index contributed by atoms with van der Waals surface area (Å²) in [6.45, 7) is 2.64. The highest BCUT2D eigenvalue weighted by molar-refractivity contribution is 7.89. The van der Waals surface area contributed by atoms with Crippen molar-refractivity contribution < 1.29 is 17.9 Å². The van der Waals surface area contributed by atoms with Crippen molar-refractivity contribution in [3.63, 3.8) is 0 Å². The molecule has 0 bridgehead atoms.